The van der Waals surface area contributed by atoms with Gasteiger partial charge in [0.2, 0.25) is 0 Å². The number of ether oxygens (including phenoxy) is 1. The fraction of sp³-hybridized carbons (Fsp3) is 0.320. The van der Waals surface area contributed by atoms with E-state index in [0.29, 0.717) is 0 Å². The average Bonchev–Trinajstić information content (AvgIpc) is 2.80. The van der Waals surface area contributed by atoms with Gasteiger partial charge in [0.05, 0.1) is 7.11 Å². The molecule has 2 aromatic carbocycles. The standard InChI is InChI=1S/C25H31FN2O4/c1-17(2)22(26)25(4,30)24(3,23(29)28-31)27-15-7-8-18-11-13-19(14-12-18)20-9-6-10-21(16-20)32-5/h6-14,16,22,27,30-31H,1,15H2,2-5H3,(H,28,29)/b8-7+. The highest BCUT2D eigenvalue weighted by Gasteiger charge is 2.54. The summed E-state index contributed by atoms with van der Waals surface area (Å²) in [5.41, 5.74) is 0.593. The van der Waals surface area contributed by atoms with Crippen LogP contribution in [-0.4, -0.2) is 47.2 Å². The summed E-state index contributed by atoms with van der Waals surface area (Å²) in [5.74, 6) is -0.173. The molecule has 172 valence electrons. The quantitative estimate of drug-likeness (QED) is 0.255. The minimum absolute atomic E-state index is 0.0698. The van der Waals surface area contributed by atoms with Crippen molar-refractivity contribution in [1.29, 1.82) is 0 Å². The monoisotopic (exact) mass is 442 g/mol. The van der Waals surface area contributed by atoms with E-state index >= 15 is 0 Å². The summed E-state index contributed by atoms with van der Waals surface area (Å²) in [7, 11) is 1.63. The second-order valence-electron chi connectivity index (χ2n) is 8.06. The maximum Gasteiger partial charge on any atom is 0.266 e. The van der Waals surface area contributed by atoms with Crippen LogP contribution in [0.2, 0.25) is 0 Å². The molecule has 32 heavy (non-hydrogen) atoms. The van der Waals surface area contributed by atoms with E-state index in [1.165, 1.54) is 26.3 Å². The third-order valence-electron chi connectivity index (χ3n) is 5.69. The van der Waals surface area contributed by atoms with Crippen LogP contribution in [0.25, 0.3) is 17.2 Å². The Kier molecular flexibility index (Phi) is 8.32. The Morgan fingerprint density at radius 2 is 1.88 bits per heavy atom. The summed E-state index contributed by atoms with van der Waals surface area (Å²) in [4.78, 5) is 12.3. The first-order valence-corrected chi connectivity index (χ1v) is 10.2. The number of amides is 1. The lowest BCUT2D eigenvalue weighted by Gasteiger charge is -2.43. The van der Waals surface area contributed by atoms with Crippen LogP contribution in [0.3, 0.4) is 0 Å². The Morgan fingerprint density at radius 3 is 2.44 bits per heavy atom. The first kappa shape index (κ1) is 25.3. The van der Waals surface area contributed by atoms with Gasteiger partial charge in [-0.15, -0.1) is 0 Å². The number of methoxy groups -OCH3 is 1. The van der Waals surface area contributed by atoms with Gasteiger partial charge >= 0.3 is 0 Å². The first-order chi connectivity index (χ1) is 15.1. The average molecular weight is 443 g/mol. The molecule has 0 aliphatic heterocycles. The van der Waals surface area contributed by atoms with Crippen LogP contribution in [-0.2, 0) is 4.79 Å². The molecule has 4 N–H and O–H groups in total. The molecule has 0 bridgehead atoms. The van der Waals surface area contributed by atoms with Crippen molar-refractivity contribution in [2.24, 2.45) is 0 Å². The molecule has 0 spiro atoms. The van der Waals surface area contributed by atoms with Crippen LogP contribution in [0.1, 0.15) is 26.3 Å². The van der Waals surface area contributed by atoms with E-state index in [4.69, 9.17) is 9.94 Å². The third-order valence-corrected chi connectivity index (χ3v) is 5.69. The van der Waals surface area contributed by atoms with Gasteiger partial charge in [0, 0.05) is 6.54 Å². The largest absolute Gasteiger partial charge is 0.497 e. The van der Waals surface area contributed by atoms with Crippen molar-refractivity contribution in [1.82, 2.24) is 10.8 Å². The van der Waals surface area contributed by atoms with Crippen LogP contribution in [0.4, 0.5) is 4.39 Å². The minimum atomic E-state index is -2.15. The van der Waals surface area contributed by atoms with E-state index in [2.05, 4.69) is 11.9 Å². The van der Waals surface area contributed by atoms with Crippen molar-refractivity contribution < 1.29 is 24.2 Å². The summed E-state index contributed by atoms with van der Waals surface area (Å²) in [5, 5.41) is 22.7. The van der Waals surface area contributed by atoms with E-state index < -0.39 is 23.2 Å². The molecule has 6 nitrogen and oxygen atoms in total. The summed E-state index contributed by atoms with van der Waals surface area (Å²) in [6.45, 7) is 7.59. The molecule has 0 fully saturated rings. The highest BCUT2D eigenvalue weighted by Crippen LogP contribution is 2.31. The molecule has 3 unspecified atom stereocenters. The Morgan fingerprint density at radius 1 is 1.22 bits per heavy atom. The second kappa shape index (κ2) is 10.5. The first-order valence-electron chi connectivity index (χ1n) is 10.2. The molecule has 7 heteroatoms. The van der Waals surface area contributed by atoms with Crippen LogP contribution in [0.15, 0.2) is 66.8 Å². The van der Waals surface area contributed by atoms with Gasteiger partial charge in [0.15, 0.2) is 6.17 Å². The van der Waals surface area contributed by atoms with Crippen molar-refractivity contribution in [3.05, 3.63) is 72.3 Å². The molecular weight excluding hydrogens is 411 g/mol. The lowest BCUT2D eigenvalue weighted by Crippen LogP contribution is -2.70. The van der Waals surface area contributed by atoms with Crippen molar-refractivity contribution in [2.75, 3.05) is 13.7 Å². The molecule has 0 saturated carbocycles. The van der Waals surface area contributed by atoms with Gasteiger partial charge in [-0.25, -0.2) is 9.87 Å². The number of benzene rings is 2. The highest BCUT2D eigenvalue weighted by molar-refractivity contribution is 5.86. The number of nitrogens with one attached hydrogen (secondary N) is 2. The van der Waals surface area contributed by atoms with Gasteiger partial charge in [-0.05, 0) is 55.2 Å². The Labute approximate surface area is 188 Å². The van der Waals surface area contributed by atoms with E-state index in [-0.39, 0.29) is 12.1 Å². The van der Waals surface area contributed by atoms with Crippen molar-refractivity contribution in [3.63, 3.8) is 0 Å². The summed E-state index contributed by atoms with van der Waals surface area (Å²) in [6.07, 6.45) is 1.69. The van der Waals surface area contributed by atoms with Gasteiger partial charge in [-0.1, -0.05) is 55.1 Å². The highest BCUT2D eigenvalue weighted by atomic mass is 19.1. The van der Waals surface area contributed by atoms with Gasteiger partial charge in [0.25, 0.3) is 5.91 Å². The van der Waals surface area contributed by atoms with Gasteiger partial charge in [-0.2, -0.15) is 0 Å². The zero-order chi connectivity index (χ0) is 23.9. The molecule has 2 aromatic rings. The molecule has 0 aliphatic rings. The van der Waals surface area contributed by atoms with Crippen LogP contribution >= 0.6 is 0 Å². The third kappa shape index (κ3) is 5.43. The van der Waals surface area contributed by atoms with E-state index in [9.17, 15) is 14.3 Å². The number of alkyl halides is 1. The number of carbonyl (C=O) groups excluding carboxylic acids is 1. The second-order valence-corrected chi connectivity index (χ2v) is 8.06. The minimum Gasteiger partial charge on any atom is -0.497 e. The van der Waals surface area contributed by atoms with Crippen LogP contribution in [0, 0.1) is 0 Å². The number of carbonyl (C=O) groups is 1. The molecule has 0 aliphatic carbocycles. The zero-order valence-corrected chi connectivity index (χ0v) is 18.9. The van der Waals surface area contributed by atoms with Crippen molar-refractivity contribution in [2.45, 2.75) is 38.1 Å². The number of hydrogen-bond acceptors (Lipinski definition) is 5. The SMILES string of the molecule is C=C(C)C(F)C(C)(O)C(C)(NC/C=C/c1ccc(-c2cccc(OC)c2)cc1)C(=O)NO. The maximum absolute atomic E-state index is 14.6. The summed E-state index contributed by atoms with van der Waals surface area (Å²) < 4.78 is 19.9. The van der Waals surface area contributed by atoms with Crippen LogP contribution in [0.5, 0.6) is 5.75 Å². The molecular formula is C25H31FN2O4. The van der Waals surface area contributed by atoms with E-state index in [0.717, 1.165) is 22.4 Å². The Bertz CT molecular complexity index is 972. The molecule has 3 atom stereocenters. The number of rotatable bonds is 10. The summed E-state index contributed by atoms with van der Waals surface area (Å²) >= 11 is 0. The zero-order valence-electron chi connectivity index (χ0n) is 18.9. The van der Waals surface area contributed by atoms with E-state index in [1.54, 1.807) is 13.2 Å². The van der Waals surface area contributed by atoms with Crippen LogP contribution < -0.4 is 15.5 Å². The predicted molar refractivity (Wildman–Crippen MR) is 124 cm³/mol. The number of hydrogen-bond donors (Lipinski definition) is 4. The molecule has 0 heterocycles. The molecule has 0 aromatic heterocycles. The lowest BCUT2D eigenvalue weighted by atomic mass is 9.76. The Balaban J connectivity index is 2.11. The summed E-state index contributed by atoms with van der Waals surface area (Å²) in [6, 6.07) is 15.6. The van der Waals surface area contributed by atoms with Gasteiger partial charge in [0.1, 0.15) is 16.9 Å². The maximum atomic E-state index is 14.6. The van der Waals surface area contributed by atoms with Crippen molar-refractivity contribution in [3.8, 4) is 16.9 Å². The number of halogens is 1. The molecule has 0 radical (unpaired) electrons. The predicted octanol–water partition coefficient (Wildman–Crippen LogP) is 3.89. The van der Waals surface area contributed by atoms with Gasteiger partial charge in [-0.3, -0.25) is 15.3 Å². The van der Waals surface area contributed by atoms with Gasteiger partial charge < -0.3 is 9.84 Å². The molecule has 2 rings (SSSR count). The smallest absolute Gasteiger partial charge is 0.266 e. The number of aliphatic hydroxyl groups is 1. The molecule has 0 saturated heterocycles. The molecule has 1 amide bonds. The normalized spacial score (nSPS) is 16.1. The lowest BCUT2D eigenvalue weighted by molar-refractivity contribution is -0.152. The Hall–Kier alpha value is -3.00. The topological polar surface area (TPSA) is 90.8 Å². The fourth-order valence-electron chi connectivity index (χ4n) is 3.38. The van der Waals surface area contributed by atoms with Crippen molar-refractivity contribution >= 4 is 12.0 Å². The number of hydroxylamine groups is 1. The van der Waals surface area contributed by atoms with E-state index in [1.807, 2.05) is 54.6 Å². The fourth-order valence-corrected chi connectivity index (χ4v) is 3.38.